The molecule has 1 aromatic rings. The highest BCUT2D eigenvalue weighted by atomic mass is 16.5. The average molecular weight is 457 g/mol. The standard InChI is InChI=1S/C24H32N4O5/c1-4-5-11-21(27-31)22(23(25)29)17(2)33-16-18-9-6-7-14-28(18)24(30)19-10-8-13-26-20(19)12-15-32-3/h4-5,8,10-11,13,17-18H,1,6-7,9,12,14-16H2,2-3H3,(H2,25,29)/b11-5-,22-21-. The van der Waals surface area contributed by atoms with Gasteiger partial charge in [-0.3, -0.25) is 14.6 Å². The third-order valence-electron chi connectivity index (χ3n) is 5.53. The first-order valence-corrected chi connectivity index (χ1v) is 11.0. The molecule has 0 spiro atoms. The third-order valence-corrected chi connectivity index (χ3v) is 5.53. The van der Waals surface area contributed by atoms with Crippen LogP contribution < -0.4 is 5.73 Å². The maximum Gasteiger partial charge on any atom is 0.256 e. The van der Waals surface area contributed by atoms with Gasteiger partial charge in [0, 0.05) is 26.3 Å². The van der Waals surface area contributed by atoms with Gasteiger partial charge in [0.1, 0.15) is 5.70 Å². The Morgan fingerprint density at radius 2 is 2.21 bits per heavy atom. The summed E-state index contributed by atoms with van der Waals surface area (Å²) in [5.41, 5.74) is 6.60. The Morgan fingerprint density at radius 3 is 2.88 bits per heavy atom. The molecule has 0 saturated carbocycles. The van der Waals surface area contributed by atoms with Gasteiger partial charge in [-0.15, -0.1) is 4.91 Å². The molecule has 2 heterocycles. The number of nitrogens with two attached hydrogens (primary N) is 1. The van der Waals surface area contributed by atoms with E-state index in [0.29, 0.717) is 30.8 Å². The lowest BCUT2D eigenvalue weighted by molar-refractivity contribution is -0.116. The zero-order chi connectivity index (χ0) is 24.2. The van der Waals surface area contributed by atoms with Crippen LogP contribution in [0.25, 0.3) is 0 Å². The van der Waals surface area contributed by atoms with Crippen molar-refractivity contribution >= 4 is 11.8 Å². The van der Waals surface area contributed by atoms with Crippen molar-refractivity contribution in [3.63, 3.8) is 0 Å². The predicted octanol–water partition coefficient (Wildman–Crippen LogP) is 2.92. The number of methoxy groups -OCH3 is 1. The van der Waals surface area contributed by atoms with Crippen LogP contribution in [0, 0.1) is 4.91 Å². The van der Waals surface area contributed by atoms with Crippen molar-refractivity contribution in [3.8, 4) is 0 Å². The summed E-state index contributed by atoms with van der Waals surface area (Å²) in [7, 11) is 1.61. The minimum Gasteiger partial charge on any atom is -0.384 e. The minimum atomic E-state index is -0.791. The lowest BCUT2D eigenvalue weighted by Crippen LogP contribution is -2.47. The number of ether oxygens (including phenoxy) is 2. The highest BCUT2D eigenvalue weighted by molar-refractivity contribution is 5.95. The van der Waals surface area contributed by atoms with Crippen LogP contribution in [-0.4, -0.2) is 60.7 Å². The molecular formula is C24H32N4O5. The summed E-state index contributed by atoms with van der Waals surface area (Å²) in [5, 5.41) is 2.91. The van der Waals surface area contributed by atoms with Crippen molar-refractivity contribution in [2.24, 2.45) is 10.9 Å². The first-order chi connectivity index (χ1) is 15.9. The highest BCUT2D eigenvalue weighted by Gasteiger charge is 2.30. The SMILES string of the molecule is C=C/C=C\C(N=O)=C(\C(N)=O)C(C)OCC1CCCCN1C(=O)c1cccnc1CCOC. The molecule has 9 nitrogen and oxygen atoms in total. The Labute approximate surface area is 194 Å². The third kappa shape index (κ3) is 7.16. The summed E-state index contributed by atoms with van der Waals surface area (Å²) in [6, 6.07) is 3.34. The number of amides is 2. The number of aromatic nitrogens is 1. The van der Waals surface area contributed by atoms with Crippen molar-refractivity contribution in [2.75, 3.05) is 26.9 Å². The van der Waals surface area contributed by atoms with Crippen LogP contribution in [0.15, 0.2) is 59.6 Å². The second kappa shape index (κ2) is 13.4. The van der Waals surface area contributed by atoms with Gasteiger partial charge in [-0.05, 0) is 49.6 Å². The van der Waals surface area contributed by atoms with Crippen LogP contribution in [0.5, 0.6) is 0 Å². The van der Waals surface area contributed by atoms with Gasteiger partial charge in [0.05, 0.1) is 42.2 Å². The fourth-order valence-corrected chi connectivity index (χ4v) is 3.83. The average Bonchev–Trinajstić information content (AvgIpc) is 2.83. The number of rotatable bonds is 12. The number of allylic oxidation sites excluding steroid dienone is 3. The van der Waals surface area contributed by atoms with E-state index in [1.54, 1.807) is 37.3 Å². The largest absolute Gasteiger partial charge is 0.384 e. The number of pyridine rings is 1. The number of likely N-dealkylation sites (tertiary alicyclic amines) is 1. The topological polar surface area (TPSA) is 124 Å². The number of primary amides is 1. The molecule has 1 saturated heterocycles. The maximum absolute atomic E-state index is 13.4. The number of nitroso groups, excluding NO2 is 1. The lowest BCUT2D eigenvalue weighted by atomic mass is 10.00. The molecule has 0 radical (unpaired) electrons. The Morgan fingerprint density at radius 1 is 1.42 bits per heavy atom. The van der Waals surface area contributed by atoms with E-state index in [-0.39, 0.29) is 29.8 Å². The van der Waals surface area contributed by atoms with Crippen LogP contribution in [0.4, 0.5) is 0 Å². The van der Waals surface area contributed by atoms with Crippen LogP contribution in [0.3, 0.4) is 0 Å². The summed E-state index contributed by atoms with van der Waals surface area (Å²) in [6.07, 6.45) is 8.34. The van der Waals surface area contributed by atoms with E-state index in [1.165, 1.54) is 18.2 Å². The molecule has 178 valence electrons. The Hall–Kier alpha value is -3.17. The number of nitrogens with zero attached hydrogens (tertiary/aromatic N) is 3. The molecule has 1 aliphatic rings. The molecule has 1 aromatic heterocycles. The zero-order valence-electron chi connectivity index (χ0n) is 19.2. The highest BCUT2D eigenvalue weighted by Crippen LogP contribution is 2.23. The molecular weight excluding hydrogens is 424 g/mol. The van der Waals surface area contributed by atoms with Crippen molar-refractivity contribution in [2.45, 2.75) is 44.8 Å². The smallest absolute Gasteiger partial charge is 0.256 e. The summed E-state index contributed by atoms with van der Waals surface area (Å²) < 4.78 is 11.1. The molecule has 1 aliphatic heterocycles. The zero-order valence-corrected chi connectivity index (χ0v) is 19.2. The summed E-state index contributed by atoms with van der Waals surface area (Å²) in [5.74, 6) is -0.898. The molecule has 1 fully saturated rings. The molecule has 2 unspecified atom stereocenters. The number of hydrogen-bond donors (Lipinski definition) is 1. The molecule has 2 N–H and O–H groups in total. The molecule has 2 amide bonds. The number of hydrogen-bond acceptors (Lipinski definition) is 7. The van der Waals surface area contributed by atoms with Crippen LogP contribution in [0.1, 0.15) is 42.2 Å². The molecule has 9 heteroatoms. The first-order valence-electron chi connectivity index (χ1n) is 11.0. The second-order valence-electron chi connectivity index (χ2n) is 7.71. The molecule has 0 aliphatic carbocycles. The van der Waals surface area contributed by atoms with Gasteiger partial charge in [0.15, 0.2) is 0 Å². The van der Waals surface area contributed by atoms with Gasteiger partial charge in [0.2, 0.25) is 5.91 Å². The second-order valence-corrected chi connectivity index (χ2v) is 7.71. The van der Waals surface area contributed by atoms with E-state index in [9.17, 15) is 14.5 Å². The summed E-state index contributed by atoms with van der Waals surface area (Å²) >= 11 is 0. The molecule has 33 heavy (non-hydrogen) atoms. The molecule has 2 rings (SSSR count). The fraction of sp³-hybridized carbons (Fsp3) is 0.458. The minimum absolute atomic E-state index is 0.0223. The van der Waals surface area contributed by atoms with Crippen molar-refractivity contribution < 1.29 is 19.1 Å². The normalized spacial score (nSPS) is 18.0. The maximum atomic E-state index is 13.4. The Bertz CT molecular complexity index is 912. The van der Waals surface area contributed by atoms with Gasteiger partial charge < -0.3 is 20.1 Å². The van der Waals surface area contributed by atoms with Gasteiger partial charge in [-0.2, -0.15) is 0 Å². The van der Waals surface area contributed by atoms with E-state index in [2.05, 4.69) is 16.7 Å². The van der Waals surface area contributed by atoms with Gasteiger partial charge >= 0.3 is 0 Å². The quantitative estimate of drug-likeness (QED) is 0.293. The summed E-state index contributed by atoms with van der Waals surface area (Å²) in [6.45, 7) is 6.42. The molecule has 2 atom stereocenters. The van der Waals surface area contributed by atoms with Crippen LogP contribution in [0.2, 0.25) is 0 Å². The molecule has 0 bridgehead atoms. The Kier molecular flexibility index (Phi) is 10.6. The van der Waals surface area contributed by atoms with Crippen LogP contribution in [-0.2, 0) is 20.7 Å². The number of piperidine rings is 1. The van der Waals surface area contributed by atoms with Gasteiger partial charge in [-0.25, -0.2) is 0 Å². The lowest BCUT2D eigenvalue weighted by Gasteiger charge is -2.36. The molecule has 0 aromatic carbocycles. The van der Waals surface area contributed by atoms with Crippen molar-refractivity contribution in [3.05, 3.63) is 70.6 Å². The predicted molar refractivity (Wildman–Crippen MR) is 125 cm³/mol. The number of carbonyl (C=O) groups excluding carboxylic acids is 2. The van der Waals surface area contributed by atoms with E-state index >= 15 is 0 Å². The van der Waals surface area contributed by atoms with Crippen molar-refractivity contribution in [1.29, 1.82) is 0 Å². The van der Waals surface area contributed by atoms with Crippen LogP contribution >= 0.6 is 0 Å². The van der Waals surface area contributed by atoms with E-state index < -0.39 is 12.0 Å². The first kappa shape index (κ1) is 26.1. The van der Waals surface area contributed by atoms with Crippen molar-refractivity contribution in [1.82, 2.24) is 9.88 Å². The van der Waals surface area contributed by atoms with Gasteiger partial charge in [0.25, 0.3) is 5.91 Å². The number of carbonyl (C=O) groups is 2. The fourth-order valence-electron chi connectivity index (χ4n) is 3.83. The monoisotopic (exact) mass is 456 g/mol. The van der Waals surface area contributed by atoms with Gasteiger partial charge in [-0.1, -0.05) is 18.7 Å². The van der Waals surface area contributed by atoms with E-state index in [4.69, 9.17) is 15.2 Å². The Balaban J connectivity index is 2.19. The van der Waals surface area contributed by atoms with E-state index in [1.807, 2.05) is 0 Å². The van der Waals surface area contributed by atoms with E-state index in [0.717, 1.165) is 19.3 Å². The summed E-state index contributed by atoms with van der Waals surface area (Å²) in [4.78, 5) is 42.8.